The molecule has 0 spiro atoms. The van der Waals surface area contributed by atoms with Gasteiger partial charge in [-0.2, -0.15) is 13.2 Å². The number of ether oxygens (including phenoxy) is 1. The predicted molar refractivity (Wildman–Crippen MR) is 116 cm³/mol. The molecule has 170 valence electrons. The predicted octanol–water partition coefficient (Wildman–Crippen LogP) is 4.28. The molecule has 3 rings (SSSR count). The molecule has 0 atom stereocenters. The Morgan fingerprint density at radius 1 is 1.03 bits per heavy atom. The summed E-state index contributed by atoms with van der Waals surface area (Å²) in [5.74, 6) is -0.662. The van der Waals surface area contributed by atoms with Crippen molar-refractivity contribution >= 4 is 40.9 Å². The molecule has 1 aliphatic heterocycles. The second kappa shape index (κ2) is 10.6. The first kappa shape index (κ1) is 23.8. The van der Waals surface area contributed by atoms with Gasteiger partial charge >= 0.3 is 6.18 Å². The van der Waals surface area contributed by atoms with Gasteiger partial charge in [-0.1, -0.05) is 17.7 Å². The van der Waals surface area contributed by atoms with Crippen LogP contribution in [0.5, 0.6) is 0 Å². The number of nitrogens with one attached hydrogen (secondary N) is 2. The maximum Gasteiger partial charge on any atom is 0.417 e. The third kappa shape index (κ3) is 7.08. The molecule has 2 aromatic carbocycles. The molecular weight excluding hydrogens is 447 g/mol. The molecule has 0 aromatic heterocycles. The van der Waals surface area contributed by atoms with E-state index in [0.717, 1.165) is 18.2 Å². The minimum Gasteiger partial charge on any atom is -0.379 e. The van der Waals surface area contributed by atoms with Crippen LogP contribution in [0.2, 0.25) is 5.02 Å². The van der Waals surface area contributed by atoms with E-state index in [1.807, 2.05) is 4.90 Å². The lowest BCUT2D eigenvalue weighted by Crippen LogP contribution is -2.41. The topological polar surface area (TPSA) is 70.7 Å². The number of carbonyl (C=O) groups excluding carboxylic acids is 2. The average molecular weight is 468 g/mol. The summed E-state index contributed by atoms with van der Waals surface area (Å²) in [5.41, 5.74) is 0.277. The molecule has 1 saturated heterocycles. The normalized spacial score (nSPS) is 15.0. The molecule has 32 heavy (non-hydrogen) atoms. The molecule has 0 radical (unpaired) electrons. The van der Waals surface area contributed by atoms with Crippen LogP contribution in [-0.4, -0.2) is 49.6 Å². The second-order valence-corrected chi connectivity index (χ2v) is 7.48. The summed E-state index contributed by atoms with van der Waals surface area (Å²) in [4.78, 5) is 26.2. The summed E-state index contributed by atoms with van der Waals surface area (Å²) in [5, 5.41) is 4.99. The van der Waals surface area contributed by atoms with Crippen LogP contribution >= 0.6 is 11.6 Å². The van der Waals surface area contributed by atoms with E-state index in [0.29, 0.717) is 37.7 Å². The van der Waals surface area contributed by atoms with Crippen LogP contribution < -0.4 is 10.6 Å². The Bertz CT molecular complexity index is 988. The number of halogens is 4. The third-order valence-electron chi connectivity index (χ3n) is 4.63. The Balaban J connectivity index is 1.52. The molecule has 1 heterocycles. The summed E-state index contributed by atoms with van der Waals surface area (Å²) < 4.78 is 44.0. The van der Waals surface area contributed by atoms with Crippen LogP contribution in [-0.2, 0) is 20.5 Å². The van der Waals surface area contributed by atoms with Gasteiger partial charge in [-0.3, -0.25) is 14.5 Å². The Morgan fingerprint density at radius 2 is 1.66 bits per heavy atom. The van der Waals surface area contributed by atoms with Crippen molar-refractivity contribution in [1.29, 1.82) is 0 Å². The van der Waals surface area contributed by atoms with E-state index in [1.165, 1.54) is 12.1 Å². The Labute approximate surface area is 188 Å². The van der Waals surface area contributed by atoms with Gasteiger partial charge in [-0.15, -0.1) is 0 Å². The highest BCUT2D eigenvalue weighted by Gasteiger charge is 2.33. The van der Waals surface area contributed by atoms with Crippen molar-refractivity contribution in [3.63, 3.8) is 0 Å². The Morgan fingerprint density at radius 3 is 2.28 bits per heavy atom. The van der Waals surface area contributed by atoms with Crippen molar-refractivity contribution in [3.8, 4) is 0 Å². The molecule has 2 aromatic rings. The third-order valence-corrected chi connectivity index (χ3v) is 4.96. The van der Waals surface area contributed by atoms with Crippen LogP contribution in [0, 0.1) is 0 Å². The maximum atomic E-state index is 12.9. The van der Waals surface area contributed by atoms with Gasteiger partial charge in [0.2, 0.25) is 11.8 Å². The summed E-state index contributed by atoms with van der Waals surface area (Å²) in [6.45, 7) is 2.90. The molecule has 0 unspecified atom stereocenters. The van der Waals surface area contributed by atoms with E-state index in [9.17, 15) is 22.8 Å². The maximum absolute atomic E-state index is 12.9. The first-order valence-corrected chi connectivity index (χ1v) is 10.1. The van der Waals surface area contributed by atoms with Crippen LogP contribution in [0.1, 0.15) is 11.1 Å². The van der Waals surface area contributed by atoms with E-state index in [-0.39, 0.29) is 18.0 Å². The summed E-state index contributed by atoms with van der Waals surface area (Å²) in [6.07, 6.45) is -2.19. The zero-order valence-corrected chi connectivity index (χ0v) is 17.7. The zero-order chi connectivity index (χ0) is 23.1. The standard InChI is InChI=1S/C22H21ClF3N3O3/c23-19-7-1-15(13-18(19)22(24,25)26)2-8-20(30)27-16-3-5-17(6-4-16)28-21(31)14-29-9-11-32-12-10-29/h1-8,13H,9-12,14H2,(H,27,30)(H,28,31)/b8-2+. The van der Waals surface area contributed by atoms with Crippen molar-refractivity contribution in [2.24, 2.45) is 0 Å². The number of rotatable bonds is 6. The van der Waals surface area contributed by atoms with Gasteiger partial charge in [-0.25, -0.2) is 0 Å². The van der Waals surface area contributed by atoms with E-state index >= 15 is 0 Å². The fraction of sp³-hybridized carbons (Fsp3) is 0.273. The van der Waals surface area contributed by atoms with Crippen molar-refractivity contribution in [3.05, 3.63) is 64.7 Å². The number of hydrogen-bond acceptors (Lipinski definition) is 4. The fourth-order valence-corrected chi connectivity index (χ4v) is 3.24. The van der Waals surface area contributed by atoms with E-state index in [2.05, 4.69) is 10.6 Å². The largest absolute Gasteiger partial charge is 0.417 e. The first-order valence-electron chi connectivity index (χ1n) is 9.76. The van der Waals surface area contributed by atoms with Gasteiger partial charge in [-0.05, 0) is 48.0 Å². The van der Waals surface area contributed by atoms with E-state index in [1.54, 1.807) is 24.3 Å². The van der Waals surface area contributed by atoms with Crippen LogP contribution in [0.15, 0.2) is 48.5 Å². The minimum atomic E-state index is -4.58. The highest BCUT2D eigenvalue weighted by atomic mass is 35.5. The number of anilines is 2. The highest BCUT2D eigenvalue weighted by Crippen LogP contribution is 2.35. The smallest absolute Gasteiger partial charge is 0.379 e. The van der Waals surface area contributed by atoms with Gasteiger partial charge in [0, 0.05) is 30.5 Å². The molecule has 0 aliphatic carbocycles. The molecule has 1 fully saturated rings. The molecule has 0 bridgehead atoms. The van der Waals surface area contributed by atoms with Gasteiger partial charge in [0.1, 0.15) is 0 Å². The summed E-state index contributed by atoms with van der Waals surface area (Å²) >= 11 is 5.59. The Hall–Kier alpha value is -2.88. The monoisotopic (exact) mass is 467 g/mol. The zero-order valence-electron chi connectivity index (χ0n) is 16.9. The Kier molecular flexibility index (Phi) is 7.89. The number of benzene rings is 2. The van der Waals surface area contributed by atoms with Crippen molar-refractivity contribution in [2.45, 2.75) is 6.18 Å². The van der Waals surface area contributed by atoms with Crippen LogP contribution in [0.25, 0.3) is 6.08 Å². The molecular formula is C22H21ClF3N3O3. The van der Waals surface area contributed by atoms with Crippen molar-refractivity contribution < 1.29 is 27.5 Å². The number of nitrogens with zero attached hydrogens (tertiary/aromatic N) is 1. The molecule has 0 saturated carbocycles. The quantitative estimate of drug-likeness (QED) is 0.622. The van der Waals surface area contributed by atoms with Gasteiger partial charge < -0.3 is 15.4 Å². The molecule has 6 nitrogen and oxygen atoms in total. The number of morpholine rings is 1. The lowest BCUT2D eigenvalue weighted by Gasteiger charge is -2.25. The van der Waals surface area contributed by atoms with Gasteiger partial charge in [0.15, 0.2) is 0 Å². The number of hydrogen-bond donors (Lipinski definition) is 2. The first-order chi connectivity index (χ1) is 15.2. The van der Waals surface area contributed by atoms with E-state index in [4.69, 9.17) is 16.3 Å². The summed E-state index contributed by atoms with van der Waals surface area (Å²) in [7, 11) is 0. The SMILES string of the molecule is O=C(/C=C/c1ccc(Cl)c(C(F)(F)F)c1)Nc1ccc(NC(=O)CN2CCOCC2)cc1. The lowest BCUT2D eigenvalue weighted by atomic mass is 10.1. The van der Waals surface area contributed by atoms with E-state index < -0.39 is 22.7 Å². The molecule has 2 N–H and O–H groups in total. The minimum absolute atomic E-state index is 0.146. The number of amides is 2. The fourth-order valence-electron chi connectivity index (χ4n) is 3.02. The number of carbonyl (C=O) groups is 2. The van der Waals surface area contributed by atoms with Gasteiger partial charge in [0.05, 0.1) is 30.3 Å². The number of alkyl halides is 3. The molecule has 10 heteroatoms. The van der Waals surface area contributed by atoms with Crippen molar-refractivity contribution in [1.82, 2.24) is 4.90 Å². The highest BCUT2D eigenvalue weighted by molar-refractivity contribution is 6.31. The summed E-state index contributed by atoms with van der Waals surface area (Å²) in [6, 6.07) is 9.90. The van der Waals surface area contributed by atoms with Crippen molar-refractivity contribution in [2.75, 3.05) is 43.5 Å². The van der Waals surface area contributed by atoms with Gasteiger partial charge in [0.25, 0.3) is 0 Å². The molecule has 1 aliphatic rings. The molecule has 2 amide bonds. The van der Waals surface area contributed by atoms with Crippen LogP contribution in [0.3, 0.4) is 0 Å². The average Bonchev–Trinajstić information content (AvgIpc) is 2.74. The lowest BCUT2D eigenvalue weighted by molar-refractivity contribution is -0.137. The van der Waals surface area contributed by atoms with Crippen LogP contribution in [0.4, 0.5) is 24.5 Å². The second-order valence-electron chi connectivity index (χ2n) is 7.07.